The highest BCUT2D eigenvalue weighted by Crippen LogP contribution is 2.18. The van der Waals surface area contributed by atoms with Crippen LogP contribution in [0.25, 0.3) is 5.65 Å². The van der Waals surface area contributed by atoms with Crippen molar-refractivity contribution in [2.45, 2.75) is 6.92 Å². The van der Waals surface area contributed by atoms with Crippen molar-refractivity contribution in [3.63, 3.8) is 0 Å². The van der Waals surface area contributed by atoms with Crippen LogP contribution in [0.1, 0.15) is 16.2 Å². The first-order valence-electron chi connectivity index (χ1n) is 5.94. The molecular formula is C14H17N3O2. The summed E-state index contributed by atoms with van der Waals surface area (Å²) in [6.07, 6.45) is 5.03. The van der Waals surface area contributed by atoms with E-state index in [2.05, 4.69) is 4.98 Å². The van der Waals surface area contributed by atoms with Gasteiger partial charge in [-0.2, -0.15) is 0 Å². The molecule has 0 aliphatic carbocycles. The van der Waals surface area contributed by atoms with Gasteiger partial charge >= 0.3 is 0 Å². The molecule has 0 fully saturated rings. The number of nitrogens with zero attached hydrogens (tertiary/aromatic N) is 3. The fourth-order valence-electron chi connectivity index (χ4n) is 1.86. The number of hydrogen-bond donors (Lipinski definition) is 0. The number of fused-ring (bicyclic) bond motifs is 1. The quantitative estimate of drug-likeness (QED) is 0.621. The van der Waals surface area contributed by atoms with E-state index in [0.717, 1.165) is 5.65 Å². The Balaban J connectivity index is 2.52. The Labute approximate surface area is 112 Å². The molecule has 0 saturated carbocycles. The molecule has 0 bridgehead atoms. The monoisotopic (exact) mass is 259 g/mol. The number of ether oxygens (including phenoxy) is 1. The van der Waals surface area contributed by atoms with Crippen LogP contribution in [0.5, 0.6) is 5.75 Å². The van der Waals surface area contributed by atoms with E-state index in [4.69, 9.17) is 4.74 Å². The molecule has 19 heavy (non-hydrogen) atoms. The molecule has 0 atom stereocenters. The summed E-state index contributed by atoms with van der Waals surface area (Å²) < 4.78 is 6.94. The standard InChI is InChI=1S/C14H17N3O2/c1-10-14(12(18)7-8-16(2)3)17-9-11(19-4)5-6-13(17)15-10/h5-9H,1-4H3. The second-order valence-electron chi connectivity index (χ2n) is 4.49. The zero-order chi connectivity index (χ0) is 14.0. The van der Waals surface area contributed by atoms with Crippen LogP contribution < -0.4 is 4.74 Å². The number of methoxy groups -OCH3 is 1. The van der Waals surface area contributed by atoms with Crippen LogP contribution in [-0.2, 0) is 0 Å². The highest BCUT2D eigenvalue weighted by atomic mass is 16.5. The first kappa shape index (κ1) is 13.1. The number of hydrogen-bond acceptors (Lipinski definition) is 4. The van der Waals surface area contributed by atoms with Crippen LogP contribution in [0.4, 0.5) is 0 Å². The van der Waals surface area contributed by atoms with Crippen LogP contribution in [0.3, 0.4) is 0 Å². The molecule has 0 spiro atoms. The molecule has 0 amide bonds. The van der Waals surface area contributed by atoms with E-state index in [-0.39, 0.29) is 5.78 Å². The van der Waals surface area contributed by atoms with Gasteiger partial charge in [-0.25, -0.2) is 4.98 Å². The minimum atomic E-state index is -0.0769. The lowest BCUT2D eigenvalue weighted by molar-refractivity contribution is 0.104. The van der Waals surface area contributed by atoms with Gasteiger partial charge in [0.2, 0.25) is 5.78 Å². The van der Waals surface area contributed by atoms with Crippen LogP contribution in [0, 0.1) is 6.92 Å². The fourth-order valence-corrected chi connectivity index (χ4v) is 1.86. The van der Waals surface area contributed by atoms with Crippen LogP contribution >= 0.6 is 0 Å². The van der Waals surface area contributed by atoms with Crippen molar-refractivity contribution in [3.8, 4) is 5.75 Å². The Hall–Kier alpha value is -2.30. The largest absolute Gasteiger partial charge is 0.495 e. The number of aromatic nitrogens is 2. The summed E-state index contributed by atoms with van der Waals surface area (Å²) >= 11 is 0. The average Bonchev–Trinajstić information content (AvgIpc) is 2.70. The molecule has 5 nitrogen and oxygen atoms in total. The molecule has 0 N–H and O–H groups in total. The van der Waals surface area contributed by atoms with Gasteiger partial charge in [0.1, 0.15) is 17.1 Å². The summed E-state index contributed by atoms with van der Waals surface area (Å²) in [5, 5.41) is 0. The van der Waals surface area contributed by atoms with Gasteiger partial charge in [0.15, 0.2) is 0 Å². The lowest BCUT2D eigenvalue weighted by Crippen LogP contribution is -2.06. The number of pyridine rings is 1. The Morgan fingerprint density at radius 1 is 1.42 bits per heavy atom. The van der Waals surface area contributed by atoms with E-state index < -0.39 is 0 Å². The lowest BCUT2D eigenvalue weighted by atomic mass is 10.2. The number of carbonyl (C=O) groups is 1. The number of carbonyl (C=O) groups excluding carboxylic acids is 1. The van der Waals surface area contributed by atoms with Gasteiger partial charge in [0.05, 0.1) is 19.0 Å². The van der Waals surface area contributed by atoms with Gasteiger partial charge in [-0.1, -0.05) is 0 Å². The van der Waals surface area contributed by atoms with Crippen molar-refractivity contribution in [1.82, 2.24) is 14.3 Å². The normalized spacial score (nSPS) is 11.2. The molecule has 2 heterocycles. The van der Waals surface area contributed by atoms with E-state index in [1.165, 1.54) is 6.08 Å². The molecule has 0 aromatic carbocycles. The number of rotatable bonds is 4. The van der Waals surface area contributed by atoms with Crippen LogP contribution in [-0.4, -0.2) is 41.3 Å². The van der Waals surface area contributed by atoms with Crippen molar-refractivity contribution in [3.05, 3.63) is 42.0 Å². The van der Waals surface area contributed by atoms with Gasteiger partial charge < -0.3 is 9.64 Å². The SMILES string of the molecule is COc1ccc2nc(C)c(C(=O)C=CN(C)C)n2c1. The van der Waals surface area contributed by atoms with Gasteiger partial charge in [-0.05, 0) is 19.1 Å². The lowest BCUT2D eigenvalue weighted by Gasteiger charge is -2.04. The first-order chi connectivity index (χ1) is 9.02. The Morgan fingerprint density at radius 3 is 2.79 bits per heavy atom. The smallest absolute Gasteiger partial charge is 0.205 e. The maximum atomic E-state index is 12.2. The predicted octanol–water partition coefficient (Wildman–Crippen LogP) is 1.91. The molecule has 0 aliphatic rings. The van der Waals surface area contributed by atoms with E-state index in [1.54, 1.807) is 23.9 Å². The minimum absolute atomic E-state index is 0.0769. The van der Waals surface area contributed by atoms with E-state index in [9.17, 15) is 4.79 Å². The summed E-state index contributed by atoms with van der Waals surface area (Å²) in [7, 11) is 5.33. The second kappa shape index (κ2) is 5.14. The van der Waals surface area contributed by atoms with E-state index in [1.807, 2.05) is 38.1 Å². The molecule has 0 saturated heterocycles. The van der Waals surface area contributed by atoms with Crippen molar-refractivity contribution in [2.75, 3.05) is 21.2 Å². The molecule has 2 aromatic heterocycles. The third kappa shape index (κ3) is 2.59. The Kier molecular flexibility index (Phi) is 3.55. The summed E-state index contributed by atoms with van der Waals surface area (Å²) in [4.78, 5) is 18.4. The Bertz CT molecular complexity index is 641. The van der Waals surface area contributed by atoms with Crippen molar-refractivity contribution in [2.24, 2.45) is 0 Å². The minimum Gasteiger partial charge on any atom is -0.495 e. The van der Waals surface area contributed by atoms with Gasteiger partial charge in [-0.3, -0.25) is 9.20 Å². The predicted molar refractivity (Wildman–Crippen MR) is 73.6 cm³/mol. The van der Waals surface area contributed by atoms with Crippen molar-refractivity contribution in [1.29, 1.82) is 0 Å². The van der Waals surface area contributed by atoms with Gasteiger partial charge in [0, 0.05) is 26.4 Å². The molecular weight excluding hydrogens is 242 g/mol. The Morgan fingerprint density at radius 2 is 2.16 bits per heavy atom. The third-order valence-electron chi connectivity index (χ3n) is 2.76. The van der Waals surface area contributed by atoms with Crippen LogP contribution in [0.15, 0.2) is 30.6 Å². The molecule has 2 rings (SSSR count). The molecule has 2 aromatic rings. The van der Waals surface area contributed by atoms with Crippen molar-refractivity contribution < 1.29 is 9.53 Å². The zero-order valence-electron chi connectivity index (χ0n) is 11.5. The van der Waals surface area contributed by atoms with E-state index >= 15 is 0 Å². The molecule has 0 aliphatic heterocycles. The highest BCUT2D eigenvalue weighted by molar-refractivity contribution is 6.04. The maximum Gasteiger partial charge on any atom is 0.205 e. The number of imidazole rings is 1. The first-order valence-corrected chi connectivity index (χ1v) is 5.94. The fraction of sp³-hybridized carbons (Fsp3) is 0.286. The molecule has 5 heteroatoms. The number of ketones is 1. The zero-order valence-corrected chi connectivity index (χ0v) is 11.5. The summed E-state index contributed by atoms with van der Waals surface area (Å²) in [5.74, 6) is 0.613. The van der Waals surface area contributed by atoms with Gasteiger partial charge in [-0.15, -0.1) is 0 Å². The highest BCUT2D eigenvalue weighted by Gasteiger charge is 2.14. The molecule has 0 unspecified atom stereocenters. The maximum absolute atomic E-state index is 12.2. The van der Waals surface area contributed by atoms with Crippen LogP contribution in [0.2, 0.25) is 0 Å². The summed E-state index contributed by atoms with van der Waals surface area (Å²) in [6.45, 7) is 1.83. The van der Waals surface area contributed by atoms with Gasteiger partial charge in [0.25, 0.3) is 0 Å². The van der Waals surface area contributed by atoms with E-state index in [0.29, 0.717) is 17.1 Å². The third-order valence-corrected chi connectivity index (χ3v) is 2.76. The average molecular weight is 259 g/mol. The number of allylic oxidation sites excluding steroid dienone is 1. The summed E-state index contributed by atoms with van der Waals surface area (Å²) in [6, 6.07) is 3.66. The second-order valence-corrected chi connectivity index (χ2v) is 4.49. The van der Waals surface area contributed by atoms with Crippen molar-refractivity contribution >= 4 is 11.4 Å². The summed E-state index contributed by atoms with van der Waals surface area (Å²) in [5.41, 5.74) is 2.01. The molecule has 100 valence electrons. The topological polar surface area (TPSA) is 46.8 Å². The molecule has 0 radical (unpaired) electrons. The number of aryl methyl sites for hydroxylation is 1.